The minimum absolute atomic E-state index is 0.0331. The second-order valence-electron chi connectivity index (χ2n) is 18.3. The number of rotatable bonds is 12. The number of anilines is 3. The van der Waals surface area contributed by atoms with E-state index < -0.39 is 17.9 Å². The van der Waals surface area contributed by atoms with Crippen LogP contribution in [-0.4, -0.2) is 118 Å². The van der Waals surface area contributed by atoms with E-state index in [1.54, 1.807) is 19.2 Å². The van der Waals surface area contributed by atoms with Gasteiger partial charge in [0, 0.05) is 68.5 Å². The first kappa shape index (κ1) is 45.4. The van der Waals surface area contributed by atoms with Gasteiger partial charge in [-0.25, -0.2) is 18.3 Å². The lowest BCUT2D eigenvalue weighted by molar-refractivity contribution is -0.139. The molecule has 4 aromatic rings. The van der Waals surface area contributed by atoms with Crippen molar-refractivity contribution in [3.63, 3.8) is 0 Å². The van der Waals surface area contributed by atoms with Gasteiger partial charge in [-0.15, -0.1) is 5.10 Å². The third kappa shape index (κ3) is 9.74. The maximum atomic E-state index is 16.1. The van der Waals surface area contributed by atoms with Gasteiger partial charge in [-0.2, -0.15) is 0 Å². The Balaban J connectivity index is 0.00000179. The van der Waals surface area contributed by atoms with Gasteiger partial charge in [-0.3, -0.25) is 34.3 Å². The van der Waals surface area contributed by atoms with E-state index in [4.69, 9.17) is 22.4 Å². The van der Waals surface area contributed by atoms with Crippen LogP contribution in [0.15, 0.2) is 48.7 Å². The van der Waals surface area contributed by atoms with E-state index in [1.807, 2.05) is 52.0 Å². The average molecular weight is 902 g/mol. The van der Waals surface area contributed by atoms with Gasteiger partial charge in [0.25, 0.3) is 17.7 Å². The molecule has 1 spiro atoms. The highest BCUT2D eigenvalue weighted by Crippen LogP contribution is 2.45. The van der Waals surface area contributed by atoms with E-state index in [0.717, 1.165) is 54.5 Å². The minimum Gasteiger partial charge on any atom is -0.385 e. The van der Waals surface area contributed by atoms with E-state index in [9.17, 15) is 19.2 Å². The summed E-state index contributed by atoms with van der Waals surface area (Å²) in [4.78, 5) is 60.3. The highest BCUT2D eigenvalue weighted by atomic mass is 35.5. The zero-order valence-corrected chi connectivity index (χ0v) is 37.5. The lowest BCUT2D eigenvalue weighted by Crippen LogP contribution is -2.60. The maximum absolute atomic E-state index is 16.1. The first-order chi connectivity index (χ1) is 30.8. The summed E-state index contributed by atoms with van der Waals surface area (Å²) in [7, 11) is 1.78. The molecule has 9 rings (SSSR count). The molecular weight excluding hydrogens is 842 g/mol. The van der Waals surface area contributed by atoms with Crippen LogP contribution in [0.1, 0.15) is 115 Å². The SMILES string of the molecule is C1CC1.CNc1cc(N2CCc3c(CN4CCC(N5CCC6(CCN(C(=O)c7ccc(Cl)c(C(C)CCC(=O)NC=O)c7)CC6)CC5)C(F)(F)C4)cccc32)nn2c(C(N)=O)cnc12. The van der Waals surface area contributed by atoms with Crippen LogP contribution < -0.4 is 21.3 Å². The van der Waals surface area contributed by atoms with Crippen LogP contribution in [0, 0.1) is 5.41 Å². The summed E-state index contributed by atoms with van der Waals surface area (Å²) in [6.45, 7) is 5.75. The molecule has 342 valence electrons. The summed E-state index contributed by atoms with van der Waals surface area (Å²) >= 11 is 6.50. The van der Waals surface area contributed by atoms with E-state index in [0.29, 0.717) is 92.8 Å². The Kier molecular flexibility index (Phi) is 13.6. The predicted octanol–water partition coefficient (Wildman–Crippen LogP) is 6.77. The molecule has 5 aliphatic rings. The molecule has 2 unspecified atom stereocenters. The number of carbonyl (C=O) groups excluding carboxylic acids is 4. The molecule has 1 saturated carbocycles. The number of alkyl halides is 2. The first-order valence-electron chi connectivity index (χ1n) is 22.7. The second-order valence-corrected chi connectivity index (χ2v) is 18.7. The molecule has 4 N–H and O–H groups in total. The highest BCUT2D eigenvalue weighted by Gasteiger charge is 2.50. The highest BCUT2D eigenvalue weighted by molar-refractivity contribution is 6.31. The molecular formula is C47H59ClF2N10O4. The van der Waals surface area contributed by atoms with Crippen LogP contribution >= 0.6 is 11.6 Å². The smallest absolute Gasteiger partial charge is 0.275 e. The zero-order chi connectivity index (χ0) is 45.2. The largest absolute Gasteiger partial charge is 0.385 e. The fraction of sp³-hybridized carbons (Fsp3) is 0.532. The molecule has 17 heteroatoms. The van der Waals surface area contributed by atoms with Crippen LogP contribution in [0.3, 0.4) is 0 Å². The quantitative estimate of drug-likeness (QED) is 0.130. The van der Waals surface area contributed by atoms with Crippen molar-refractivity contribution < 1.29 is 28.0 Å². The van der Waals surface area contributed by atoms with E-state index in [2.05, 4.69) is 20.5 Å². The third-order valence-electron chi connectivity index (χ3n) is 14.0. The van der Waals surface area contributed by atoms with Crippen molar-refractivity contribution in [3.05, 3.63) is 81.6 Å². The maximum Gasteiger partial charge on any atom is 0.275 e. The Morgan fingerprint density at radius 2 is 1.73 bits per heavy atom. The van der Waals surface area contributed by atoms with Crippen molar-refractivity contribution in [2.24, 2.45) is 11.1 Å². The lowest BCUT2D eigenvalue weighted by Gasteiger charge is -2.51. The molecule has 0 bridgehead atoms. The van der Waals surface area contributed by atoms with Gasteiger partial charge < -0.3 is 20.9 Å². The summed E-state index contributed by atoms with van der Waals surface area (Å²) in [6, 6.07) is 12.4. The number of carbonyl (C=O) groups is 4. The number of nitrogens with one attached hydrogen (secondary N) is 2. The number of piperidine rings is 3. The van der Waals surface area contributed by atoms with Crippen molar-refractivity contribution in [2.75, 3.05) is 63.1 Å². The number of imidazole rings is 1. The van der Waals surface area contributed by atoms with Crippen molar-refractivity contribution in [2.45, 2.75) is 102 Å². The Morgan fingerprint density at radius 3 is 2.41 bits per heavy atom. The number of amides is 4. The van der Waals surface area contributed by atoms with E-state index in [-0.39, 0.29) is 41.8 Å². The molecule has 2 aromatic carbocycles. The van der Waals surface area contributed by atoms with E-state index in [1.165, 1.54) is 30.0 Å². The molecule has 6 heterocycles. The number of likely N-dealkylation sites (tertiary alicyclic amines) is 3. The Hall–Kier alpha value is -5.19. The lowest BCUT2D eigenvalue weighted by atomic mass is 9.70. The fourth-order valence-corrected chi connectivity index (χ4v) is 10.3. The summed E-state index contributed by atoms with van der Waals surface area (Å²) in [5, 5.41) is 10.5. The number of nitrogens with zero attached hydrogens (tertiary/aromatic N) is 7. The summed E-state index contributed by atoms with van der Waals surface area (Å²) < 4.78 is 33.7. The number of primary amides is 1. The Morgan fingerprint density at radius 1 is 1.00 bits per heavy atom. The van der Waals surface area contributed by atoms with Crippen LogP contribution in [0.4, 0.5) is 26.0 Å². The van der Waals surface area contributed by atoms with Crippen molar-refractivity contribution in [3.8, 4) is 0 Å². The number of benzene rings is 2. The van der Waals surface area contributed by atoms with Gasteiger partial charge in [0.2, 0.25) is 12.3 Å². The standard InChI is InChI=1S/C44H53ClF2N10O4.C3H6/c1-28(6-9-39(59)51-27-58)32-22-29(7-8-33(32)45)42(61)55-20-14-43(15-21-55)12-18-54(19-13-43)37-11-16-53(26-44(37,46)47)25-30-4-3-5-35-31(30)10-17-56(35)38-23-34(49-2)41-50-24-36(40(48)60)57(41)52-38;1-2-3-1/h3-5,7-8,22-24,27-28,37,49H,6,9-21,25-26H2,1-2H3,(H2,48,60)(H,51,58,59);1-3H2. The molecule has 3 saturated heterocycles. The van der Waals surface area contributed by atoms with Crippen molar-refractivity contribution in [1.29, 1.82) is 0 Å². The second kappa shape index (κ2) is 19.1. The number of aromatic nitrogens is 3. The summed E-state index contributed by atoms with van der Waals surface area (Å²) in [5.74, 6) is -3.39. The number of imide groups is 1. The van der Waals surface area contributed by atoms with Crippen LogP contribution in [0.25, 0.3) is 5.65 Å². The van der Waals surface area contributed by atoms with Gasteiger partial charge in [0.05, 0.1) is 24.5 Å². The topological polar surface area (TPSA) is 162 Å². The molecule has 2 aromatic heterocycles. The van der Waals surface area contributed by atoms with Gasteiger partial charge >= 0.3 is 0 Å². The van der Waals surface area contributed by atoms with Gasteiger partial charge in [-0.05, 0) is 110 Å². The van der Waals surface area contributed by atoms with E-state index >= 15 is 8.78 Å². The van der Waals surface area contributed by atoms with Crippen LogP contribution in [0.2, 0.25) is 5.02 Å². The normalized spacial score (nSPS) is 20.9. The summed E-state index contributed by atoms with van der Waals surface area (Å²) in [6.07, 6.45) is 11.4. The molecule has 4 aliphatic heterocycles. The average Bonchev–Trinajstić information content (AvgIpc) is 4.00. The third-order valence-corrected chi connectivity index (χ3v) is 14.3. The molecule has 0 radical (unpaired) electrons. The first-order valence-corrected chi connectivity index (χ1v) is 23.1. The van der Waals surface area contributed by atoms with Gasteiger partial charge in [0.15, 0.2) is 11.5 Å². The zero-order valence-electron chi connectivity index (χ0n) is 36.8. The molecule has 1 aliphatic carbocycles. The molecule has 4 amide bonds. The molecule has 4 fully saturated rings. The van der Waals surface area contributed by atoms with Crippen LogP contribution in [0.5, 0.6) is 0 Å². The number of hydrogen-bond donors (Lipinski definition) is 3. The van der Waals surface area contributed by atoms with Gasteiger partial charge in [-0.1, -0.05) is 49.9 Å². The van der Waals surface area contributed by atoms with Crippen LogP contribution in [-0.2, 0) is 22.6 Å². The minimum atomic E-state index is -2.87. The number of hydrogen-bond acceptors (Lipinski definition) is 10. The monoisotopic (exact) mass is 900 g/mol. The summed E-state index contributed by atoms with van der Waals surface area (Å²) in [5.41, 5.74) is 11.4. The van der Waals surface area contributed by atoms with Crippen molar-refractivity contribution in [1.82, 2.24) is 34.6 Å². The number of nitrogens with two attached hydrogens (primary N) is 1. The Labute approximate surface area is 377 Å². The number of fused-ring (bicyclic) bond motifs is 2. The predicted molar refractivity (Wildman–Crippen MR) is 242 cm³/mol. The molecule has 14 nitrogen and oxygen atoms in total. The van der Waals surface area contributed by atoms with Gasteiger partial charge in [0.1, 0.15) is 5.69 Å². The number of halogens is 3. The molecule has 2 atom stereocenters. The Bertz CT molecular complexity index is 2370. The van der Waals surface area contributed by atoms with Crippen molar-refractivity contribution >= 4 is 58.6 Å². The molecule has 64 heavy (non-hydrogen) atoms. The fourth-order valence-electron chi connectivity index (χ4n) is 10.0.